The van der Waals surface area contributed by atoms with Gasteiger partial charge < -0.3 is 0 Å². The van der Waals surface area contributed by atoms with Crippen LogP contribution in [0.1, 0.15) is 82.1 Å². The fraction of sp³-hybridized carbons (Fsp3) is 1.00. The van der Waals surface area contributed by atoms with Crippen molar-refractivity contribution in [3.63, 3.8) is 0 Å². The molecule has 0 aliphatic heterocycles. The van der Waals surface area contributed by atoms with E-state index in [1.54, 1.807) is 0 Å². The van der Waals surface area contributed by atoms with Crippen LogP contribution in [-0.4, -0.2) is 0 Å². The van der Waals surface area contributed by atoms with Gasteiger partial charge in [0.15, 0.2) is 0 Å². The zero-order chi connectivity index (χ0) is 12.9. The Morgan fingerprint density at radius 1 is 0.667 bits per heavy atom. The summed E-state index contributed by atoms with van der Waals surface area (Å²) in [5.74, 6) is 0. The third-order valence-electron chi connectivity index (χ3n) is 1.97. The Labute approximate surface area is 98.9 Å². The second kappa shape index (κ2) is 5.92. The van der Waals surface area contributed by atoms with E-state index < -0.39 is 0 Å². The predicted molar refractivity (Wildman–Crippen MR) is 73.3 cm³/mol. The number of rotatable bonds is 2. The van der Waals surface area contributed by atoms with Crippen LogP contribution in [0, 0.1) is 16.2 Å². The zero-order valence-electron chi connectivity index (χ0n) is 12.9. The molecular formula is C15H34. The van der Waals surface area contributed by atoms with E-state index in [0.29, 0.717) is 16.2 Å². The van der Waals surface area contributed by atoms with Gasteiger partial charge in [-0.2, -0.15) is 0 Å². The van der Waals surface area contributed by atoms with Gasteiger partial charge in [-0.3, -0.25) is 0 Å². The third-order valence-corrected chi connectivity index (χ3v) is 1.97. The van der Waals surface area contributed by atoms with Crippen molar-refractivity contribution < 1.29 is 0 Å². The van der Waals surface area contributed by atoms with Gasteiger partial charge in [0.1, 0.15) is 0 Å². The quantitative estimate of drug-likeness (QED) is 0.536. The predicted octanol–water partition coefficient (Wildman–Crippen LogP) is 5.91. The molecule has 0 radical (unpaired) electrons. The van der Waals surface area contributed by atoms with Crippen molar-refractivity contribution >= 4 is 0 Å². The lowest BCUT2D eigenvalue weighted by Gasteiger charge is -2.31. The molecule has 0 spiro atoms. The van der Waals surface area contributed by atoms with Crippen LogP contribution in [0.25, 0.3) is 0 Å². The van der Waals surface area contributed by atoms with Gasteiger partial charge >= 0.3 is 0 Å². The van der Waals surface area contributed by atoms with E-state index in [1.807, 2.05) is 0 Å². The number of hydrogen-bond acceptors (Lipinski definition) is 0. The molecule has 0 N–H and O–H groups in total. The normalized spacial score (nSPS) is 13.2. The first-order valence-electron chi connectivity index (χ1n) is 6.27. The molecule has 0 aliphatic carbocycles. The molecule has 0 aliphatic rings. The van der Waals surface area contributed by atoms with Crippen LogP contribution in [0.15, 0.2) is 0 Å². The molecule has 0 saturated carbocycles. The lowest BCUT2D eigenvalue weighted by Crippen LogP contribution is -2.19. The highest BCUT2D eigenvalue weighted by molar-refractivity contribution is 4.74. The van der Waals surface area contributed by atoms with Crippen LogP contribution < -0.4 is 0 Å². The van der Waals surface area contributed by atoms with E-state index in [0.717, 1.165) is 0 Å². The smallest absolute Gasteiger partial charge is 0.0352 e. The summed E-state index contributed by atoms with van der Waals surface area (Å²) in [7, 11) is 0. The second-order valence-corrected chi connectivity index (χ2v) is 8.26. The number of hydrogen-bond donors (Lipinski definition) is 0. The van der Waals surface area contributed by atoms with Gasteiger partial charge in [0.05, 0.1) is 0 Å². The first-order chi connectivity index (χ1) is 6.27. The van der Waals surface area contributed by atoms with Crippen molar-refractivity contribution in [3.8, 4) is 0 Å². The molecular weight excluding hydrogens is 180 g/mol. The van der Waals surface area contributed by atoms with Crippen LogP contribution >= 0.6 is 0 Å². The zero-order valence-corrected chi connectivity index (χ0v) is 12.9. The molecule has 0 aromatic carbocycles. The topological polar surface area (TPSA) is 0 Å². The van der Waals surface area contributed by atoms with Crippen LogP contribution in [0.5, 0.6) is 0 Å². The molecule has 0 bridgehead atoms. The summed E-state index contributed by atoms with van der Waals surface area (Å²) in [5.41, 5.74) is 1.51. The highest BCUT2D eigenvalue weighted by Crippen LogP contribution is 2.35. The Hall–Kier alpha value is 0. The monoisotopic (exact) mass is 214 g/mol. The molecule has 0 nitrogen and oxygen atoms in total. The molecule has 0 rings (SSSR count). The van der Waals surface area contributed by atoms with Crippen molar-refractivity contribution in [2.24, 2.45) is 16.2 Å². The minimum atomic E-state index is 0.486. The molecule has 0 aromatic rings. The van der Waals surface area contributed by atoms with Crippen molar-refractivity contribution in [3.05, 3.63) is 0 Å². The van der Waals surface area contributed by atoms with Crippen LogP contribution in [0.3, 0.4) is 0 Å². The van der Waals surface area contributed by atoms with Crippen molar-refractivity contribution in [1.82, 2.24) is 0 Å². The maximum absolute atomic E-state index is 2.35. The fourth-order valence-corrected chi connectivity index (χ4v) is 1.56. The average Bonchev–Trinajstić information content (AvgIpc) is 1.77. The second-order valence-electron chi connectivity index (χ2n) is 8.26. The molecule has 0 unspecified atom stereocenters. The van der Waals surface area contributed by atoms with Gasteiger partial charge in [0, 0.05) is 0 Å². The maximum atomic E-state index is 2.35. The van der Waals surface area contributed by atoms with E-state index in [4.69, 9.17) is 0 Å². The van der Waals surface area contributed by atoms with Crippen molar-refractivity contribution in [1.29, 1.82) is 0 Å². The van der Waals surface area contributed by atoms with Crippen LogP contribution in [-0.2, 0) is 0 Å². The molecule has 0 aromatic heterocycles. The van der Waals surface area contributed by atoms with Gasteiger partial charge in [-0.1, -0.05) is 75.7 Å². The first-order valence-corrected chi connectivity index (χ1v) is 6.27. The van der Waals surface area contributed by atoms with Crippen LogP contribution in [0.4, 0.5) is 0 Å². The summed E-state index contributed by atoms with van der Waals surface area (Å²) in [6.45, 7) is 22.6. The summed E-state index contributed by atoms with van der Waals surface area (Å²) in [6, 6.07) is 0. The summed E-state index contributed by atoms with van der Waals surface area (Å²) < 4.78 is 0. The summed E-state index contributed by atoms with van der Waals surface area (Å²) in [5, 5.41) is 0. The SMILES string of the molecule is CC(C)(C)C.CCC(C)(C)CC(C)(C)C. The molecule has 0 atom stereocenters. The van der Waals surface area contributed by atoms with Gasteiger partial charge in [0.2, 0.25) is 0 Å². The molecule has 0 amide bonds. The lowest BCUT2D eigenvalue weighted by molar-refractivity contribution is 0.206. The summed E-state index contributed by atoms with van der Waals surface area (Å²) >= 11 is 0. The Morgan fingerprint density at radius 2 is 0.933 bits per heavy atom. The fourth-order valence-electron chi connectivity index (χ4n) is 1.56. The standard InChI is InChI=1S/C10H22.C5H12/c1-7-10(5,6)8-9(2,3)4;1-5(2,3)4/h7-8H2,1-6H3;1-4H3. The van der Waals surface area contributed by atoms with Gasteiger partial charge in [-0.05, 0) is 22.7 Å². The van der Waals surface area contributed by atoms with E-state index in [2.05, 4.69) is 69.2 Å². The summed E-state index contributed by atoms with van der Waals surface area (Å²) in [6.07, 6.45) is 2.60. The minimum Gasteiger partial charge on any atom is -0.0649 e. The average molecular weight is 214 g/mol. The highest BCUT2D eigenvalue weighted by atomic mass is 14.3. The van der Waals surface area contributed by atoms with E-state index in [9.17, 15) is 0 Å². The summed E-state index contributed by atoms with van der Waals surface area (Å²) in [4.78, 5) is 0. The van der Waals surface area contributed by atoms with Crippen LogP contribution in [0.2, 0.25) is 0 Å². The first kappa shape index (κ1) is 17.4. The van der Waals surface area contributed by atoms with Gasteiger partial charge in [-0.25, -0.2) is 0 Å². The maximum Gasteiger partial charge on any atom is -0.0352 e. The van der Waals surface area contributed by atoms with Gasteiger partial charge in [-0.15, -0.1) is 0 Å². The molecule has 0 heterocycles. The Bertz CT molecular complexity index is 144. The van der Waals surface area contributed by atoms with E-state index in [-0.39, 0.29) is 0 Å². The molecule has 94 valence electrons. The van der Waals surface area contributed by atoms with Crippen molar-refractivity contribution in [2.75, 3.05) is 0 Å². The lowest BCUT2D eigenvalue weighted by atomic mass is 9.75. The van der Waals surface area contributed by atoms with E-state index in [1.165, 1.54) is 12.8 Å². The Kier molecular flexibility index (Phi) is 6.86. The van der Waals surface area contributed by atoms with Crippen molar-refractivity contribution in [2.45, 2.75) is 82.1 Å². The van der Waals surface area contributed by atoms with Gasteiger partial charge in [0.25, 0.3) is 0 Å². The molecule has 0 saturated heterocycles. The molecule has 0 fully saturated rings. The highest BCUT2D eigenvalue weighted by Gasteiger charge is 2.23. The third kappa shape index (κ3) is 24.9. The minimum absolute atomic E-state index is 0.486. The largest absolute Gasteiger partial charge is 0.0649 e. The molecule has 15 heavy (non-hydrogen) atoms. The van der Waals surface area contributed by atoms with E-state index >= 15 is 0 Å². The molecule has 0 heteroatoms. The Balaban J connectivity index is 0. The Morgan fingerprint density at radius 3 is 1.00 bits per heavy atom.